The summed E-state index contributed by atoms with van der Waals surface area (Å²) < 4.78 is 5.68. The Morgan fingerprint density at radius 1 is 1.30 bits per heavy atom. The van der Waals surface area contributed by atoms with Crippen molar-refractivity contribution in [1.29, 1.82) is 0 Å². The maximum atomic E-state index is 5.68. The largest absolute Gasteiger partial charge is 0.492 e. The molecule has 0 aromatic heterocycles. The van der Waals surface area contributed by atoms with Crippen LogP contribution in [-0.4, -0.2) is 24.3 Å². The minimum atomic E-state index is 0.557. The van der Waals surface area contributed by atoms with Gasteiger partial charge in [-0.3, -0.25) is 0 Å². The minimum absolute atomic E-state index is 0.557. The number of hydrogen-bond donors (Lipinski definition) is 2. The molecule has 3 nitrogen and oxygen atoms in total. The van der Waals surface area contributed by atoms with E-state index in [0.29, 0.717) is 12.6 Å². The number of aryl methyl sites for hydroxylation is 1. The van der Waals surface area contributed by atoms with Gasteiger partial charge in [0.25, 0.3) is 0 Å². The van der Waals surface area contributed by atoms with Crippen LogP contribution in [0.4, 0.5) is 0 Å². The second-order valence-electron chi connectivity index (χ2n) is 5.40. The molecule has 0 aliphatic heterocycles. The van der Waals surface area contributed by atoms with Gasteiger partial charge in [-0.2, -0.15) is 0 Å². The van der Waals surface area contributed by atoms with Crippen LogP contribution in [0.25, 0.3) is 0 Å². The van der Waals surface area contributed by atoms with E-state index < -0.39 is 0 Å². The zero-order valence-electron chi connectivity index (χ0n) is 12.2. The van der Waals surface area contributed by atoms with Crippen molar-refractivity contribution in [2.45, 2.75) is 45.1 Å². The molecule has 110 valence electrons. The summed E-state index contributed by atoms with van der Waals surface area (Å²) in [5.74, 6) is 0.915. The van der Waals surface area contributed by atoms with Crippen LogP contribution in [0, 0.1) is 6.92 Å². The molecule has 0 saturated heterocycles. The van der Waals surface area contributed by atoms with Crippen molar-refractivity contribution in [3.63, 3.8) is 0 Å². The quantitative estimate of drug-likeness (QED) is 0.645. The van der Waals surface area contributed by atoms with Gasteiger partial charge in [0.15, 0.2) is 5.11 Å². The fourth-order valence-electron chi connectivity index (χ4n) is 2.52. The number of benzene rings is 1. The van der Waals surface area contributed by atoms with E-state index in [4.69, 9.17) is 17.0 Å². The molecule has 4 heteroatoms. The topological polar surface area (TPSA) is 33.3 Å². The van der Waals surface area contributed by atoms with Crippen molar-refractivity contribution < 1.29 is 4.74 Å². The second-order valence-corrected chi connectivity index (χ2v) is 5.81. The number of ether oxygens (including phenoxy) is 1. The first kappa shape index (κ1) is 15.1. The highest BCUT2D eigenvalue weighted by molar-refractivity contribution is 7.80. The predicted molar refractivity (Wildman–Crippen MR) is 87.3 cm³/mol. The Morgan fingerprint density at radius 2 is 2.10 bits per heavy atom. The molecule has 20 heavy (non-hydrogen) atoms. The summed E-state index contributed by atoms with van der Waals surface area (Å²) in [6, 6.07) is 8.65. The highest BCUT2D eigenvalue weighted by Gasteiger charge is 2.13. The molecule has 1 saturated carbocycles. The summed E-state index contributed by atoms with van der Waals surface area (Å²) in [6.07, 6.45) is 6.47. The molecule has 0 bridgehead atoms. The molecule has 1 fully saturated rings. The average molecular weight is 292 g/mol. The van der Waals surface area contributed by atoms with Crippen LogP contribution in [0.1, 0.15) is 37.7 Å². The van der Waals surface area contributed by atoms with E-state index in [1.54, 1.807) is 0 Å². The third kappa shape index (κ3) is 5.37. The molecular formula is C16H24N2OS. The van der Waals surface area contributed by atoms with Gasteiger partial charge in [0.2, 0.25) is 0 Å². The van der Waals surface area contributed by atoms with Crippen LogP contribution in [-0.2, 0) is 0 Å². The zero-order valence-corrected chi connectivity index (χ0v) is 13.0. The van der Waals surface area contributed by atoms with Crippen molar-refractivity contribution >= 4 is 17.3 Å². The average Bonchev–Trinajstić information content (AvgIpc) is 2.45. The summed E-state index contributed by atoms with van der Waals surface area (Å²) in [4.78, 5) is 0. The van der Waals surface area contributed by atoms with E-state index in [1.807, 2.05) is 18.2 Å². The molecule has 1 aliphatic carbocycles. The Kier molecular flexibility index (Phi) is 6.12. The molecule has 1 aliphatic rings. The molecule has 0 radical (unpaired) electrons. The van der Waals surface area contributed by atoms with Gasteiger partial charge in [0.1, 0.15) is 12.4 Å². The zero-order chi connectivity index (χ0) is 14.2. The Labute approximate surface area is 127 Å². The van der Waals surface area contributed by atoms with Crippen LogP contribution in [0.15, 0.2) is 24.3 Å². The summed E-state index contributed by atoms with van der Waals surface area (Å²) in [5, 5.41) is 7.36. The van der Waals surface area contributed by atoms with Crippen molar-refractivity contribution in [3.05, 3.63) is 29.8 Å². The van der Waals surface area contributed by atoms with Gasteiger partial charge in [-0.15, -0.1) is 0 Å². The Morgan fingerprint density at radius 3 is 2.85 bits per heavy atom. The predicted octanol–water partition coefficient (Wildman–Crippen LogP) is 3.17. The summed E-state index contributed by atoms with van der Waals surface area (Å²) >= 11 is 5.31. The lowest BCUT2D eigenvalue weighted by molar-refractivity contribution is 0.321. The van der Waals surface area contributed by atoms with Crippen molar-refractivity contribution in [3.8, 4) is 5.75 Å². The number of thiocarbonyl (C=S) groups is 1. The minimum Gasteiger partial charge on any atom is -0.492 e. The Balaban J connectivity index is 1.59. The van der Waals surface area contributed by atoms with E-state index in [-0.39, 0.29) is 0 Å². The monoisotopic (exact) mass is 292 g/mol. The molecule has 0 amide bonds. The van der Waals surface area contributed by atoms with Crippen LogP contribution in [0.2, 0.25) is 0 Å². The van der Waals surface area contributed by atoms with E-state index >= 15 is 0 Å². The van der Waals surface area contributed by atoms with E-state index in [0.717, 1.165) is 17.4 Å². The van der Waals surface area contributed by atoms with Gasteiger partial charge < -0.3 is 15.4 Å². The SMILES string of the molecule is Cc1cccc(OCCNC(=S)NC2CCCCC2)c1. The number of rotatable bonds is 5. The van der Waals surface area contributed by atoms with Crippen LogP contribution in [0.3, 0.4) is 0 Å². The van der Waals surface area contributed by atoms with Gasteiger partial charge >= 0.3 is 0 Å². The fourth-order valence-corrected chi connectivity index (χ4v) is 2.79. The molecule has 0 spiro atoms. The lowest BCUT2D eigenvalue weighted by Crippen LogP contribution is -2.43. The molecule has 1 aromatic carbocycles. The smallest absolute Gasteiger partial charge is 0.166 e. The Hall–Kier alpha value is -1.29. The van der Waals surface area contributed by atoms with Gasteiger partial charge in [-0.1, -0.05) is 31.4 Å². The normalized spacial score (nSPS) is 15.7. The van der Waals surface area contributed by atoms with Gasteiger partial charge in [-0.05, 0) is 49.7 Å². The summed E-state index contributed by atoms with van der Waals surface area (Å²) in [7, 11) is 0. The van der Waals surface area contributed by atoms with E-state index in [1.165, 1.54) is 37.7 Å². The van der Waals surface area contributed by atoms with E-state index in [2.05, 4.69) is 23.6 Å². The van der Waals surface area contributed by atoms with Gasteiger partial charge in [0.05, 0.1) is 6.54 Å². The van der Waals surface area contributed by atoms with Crippen molar-refractivity contribution in [2.75, 3.05) is 13.2 Å². The first-order valence-corrected chi connectivity index (χ1v) is 7.89. The van der Waals surface area contributed by atoms with Gasteiger partial charge in [0, 0.05) is 6.04 Å². The van der Waals surface area contributed by atoms with Crippen LogP contribution >= 0.6 is 12.2 Å². The standard InChI is InChI=1S/C16H24N2OS/c1-13-6-5-9-15(12-13)19-11-10-17-16(20)18-14-7-3-2-4-8-14/h5-6,9,12,14H,2-4,7-8,10-11H2,1H3,(H2,17,18,20). The van der Waals surface area contributed by atoms with Gasteiger partial charge in [-0.25, -0.2) is 0 Å². The Bertz CT molecular complexity index is 430. The second kappa shape index (κ2) is 8.10. The lowest BCUT2D eigenvalue weighted by Gasteiger charge is -2.24. The van der Waals surface area contributed by atoms with Crippen molar-refractivity contribution in [2.24, 2.45) is 0 Å². The molecule has 0 unspecified atom stereocenters. The maximum Gasteiger partial charge on any atom is 0.166 e. The molecule has 2 N–H and O–H groups in total. The molecule has 2 rings (SSSR count). The maximum absolute atomic E-state index is 5.68. The first-order chi connectivity index (χ1) is 9.74. The first-order valence-electron chi connectivity index (χ1n) is 7.48. The third-order valence-electron chi connectivity index (χ3n) is 3.59. The summed E-state index contributed by atoms with van der Waals surface area (Å²) in [6.45, 7) is 3.41. The van der Waals surface area contributed by atoms with Crippen molar-refractivity contribution in [1.82, 2.24) is 10.6 Å². The van der Waals surface area contributed by atoms with Crippen LogP contribution in [0.5, 0.6) is 5.75 Å². The van der Waals surface area contributed by atoms with E-state index in [9.17, 15) is 0 Å². The molecule has 0 atom stereocenters. The third-order valence-corrected chi connectivity index (χ3v) is 3.85. The lowest BCUT2D eigenvalue weighted by atomic mass is 9.96. The highest BCUT2D eigenvalue weighted by atomic mass is 32.1. The highest BCUT2D eigenvalue weighted by Crippen LogP contribution is 2.17. The number of nitrogens with one attached hydrogen (secondary N) is 2. The number of hydrogen-bond acceptors (Lipinski definition) is 2. The molecular weight excluding hydrogens is 268 g/mol. The summed E-state index contributed by atoms with van der Waals surface area (Å²) in [5.41, 5.74) is 1.21. The van der Waals surface area contributed by atoms with Crippen LogP contribution < -0.4 is 15.4 Å². The fraction of sp³-hybridized carbons (Fsp3) is 0.562. The molecule has 0 heterocycles. The molecule has 1 aromatic rings.